The molecule has 0 aliphatic carbocycles. The van der Waals surface area contributed by atoms with Gasteiger partial charge in [-0.1, -0.05) is 0 Å². The molecular weight excluding hydrogens is 418 g/mol. The van der Waals surface area contributed by atoms with Crippen molar-refractivity contribution in [3.8, 4) is 11.5 Å². The lowest BCUT2D eigenvalue weighted by atomic mass is 10.0. The normalized spacial score (nSPS) is 19.3. The molecule has 4 rings (SSSR count). The minimum atomic E-state index is -0.371. The summed E-state index contributed by atoms with van der Waals surface area (Å²) in [5, 5.41) is 17.5. The van der Waals surface area contributed by atoms with Crippen LogP contribution in [0.5, 0.6) is 11.5 Å². The first kappa shape index (κ1) is 17.6. The van der Waals surface area contributed by atoms with E-state index in [2.05, 4.69) is 38.5 Å². The number of nitrogens with zero attached hydrogens (tertiary/aromatic N) is 1. The van der Waals surface area contributed by atoms with E-state index in [0.29, 0.717) is 16.8 Å². The highest BCUT2D eigenvalue weighted by atomic mass is 79.9. The number of anilines is 1. The zero-order valence-corrected chi connectivity index (χ0v) is 17.0. The number of benzene rings is 1. The van der Waals surface area contributed by atoms with Crippen molar-refractivity contribution < 1.29 is 14.6 Å². The van der Waals surface area contributed by atoms with Gasteiger partial charge >= 0.3 is 0 Å². The number of ether oxygens (including phenoxy) is 1. The third-order valence-electron chi connectivity index (χ3n) is 4.71. The second kappa shape index (κ2) is 6.75. The van der Waals surface area contributed by atoms with Gasteiger partial charge in [0.15, 0.2) is 11.5 Å². The van der Waals surface area contributed by atoms with Crippen LogP contribution in [0.3, 0.4) is 0 Å². The third kappa shape index (κ3) is 2.95. The Morgan fingerprint density at radius 1 is 1.42 bits per heavy atom. The van der Waals surface area contributed by atoms with Gasteiger partial charge in [-0.25, -0.2) is 0 Å². The lowest BCUT2D eigenvalue weighted by molar-refractivity contribution is 0.0934. The van der Waals surface area contributed by atoms with Crippen molar-refractivity contribution >= 4 is 38.2 Å². The highest BCUT2D eigenvalue weighted by Crippen LogP contribution is 2.42. The standard InChI is InChI=1S/C18H20BrN3O3S/c1-3-25-12-7-9(6-11(19)15(12)23)16-20-17(24)14-10-4-5-22(2)8-13(10)26-18(14)21-16/h6-7,16,21,23H,3-5,8H2,1-2H3,(H,20,24). The number of nitrogens with one attached hydrogen (secondary N) is 2. The fourth-order valence-electron chi connectivity index (χ4n) is 3.44. The molecule has 1 unspecified atom stereocenters. The van der Waals surface area contributed by atoms with Crippen LogP contribution in [0.2, 0.25) is 0 Å². The van der Waals surface area contributed by atoms with Gasteiger partial charge in [-0.3, -0.25) is 4.79 Å². The largest absolute Gasteiger partial charge is 0.503 e. The number of aromatic hydroxyl groups is 1. The van der Waals surface area contributed by atoms with E-state index in [9.17, 15) is 9.90 Å². The first-order chi connectivity index (χ1) is 12.5. The van der Waals surface area contributed by atoms with Crippen LogP contribution in [0.1, 0.15) is 39.5 Å². The van der Waals surface area contributed by atoms with E-state index in [0.717, 1.165) is 35.6 Å². The Hall–Kier alpha value is -1.77. The Bertz CT molecular complexity index is 883. The van der Waals surface area contributed by atoms with Crippen molar-refractivity contribution in [1.82, 2.24) is 10.2 Å². The lowest BCUT2D eigenvalue weighted by Crippen LogP contribution is -2.38. The number of amides is 1. The van der Waals surface area contributed by atoms with E-state index in [1.807, 2.05) is 6.92 Å². The predicted molar refractivity (Wildman–Crippen MR) is 105 cm³/mol. The molecule has 3 heterocycles. The molecule has 2 aliphatic rings. The van der Waals surface area contributed by atoms with Crippen molar-refractivity contribution in [2.75, 3.05) is 25.5 Å². The zero-order chi connectivity index (χ0) is 18.4. The number of fused-ring (bicyclic) bond motifs is 3. The molecule has 0 fully saturated rings. The van der Waals surface area contributed by atoms with Crippen LogP contribution >= 0.6 is 27.3 Å². The molecule has 138 valence electrons. The first-order valence-electron chi connectivity index (χ1n) is 8.53. The molecule has 0 spiro atoms. The van der Waals surface area contributed by atoms with E-state index < -0.39 is 0 Å². The predicted octanol–water partition coefficient (Wildman–Crippen LogP) is 3.46. The Morgan fingerprint density at radius 2 is 2.23 bits per heavy atom. The van der Waals surface area contributed by atoms with Crippen LogP contribution in [-0.2, 0) is 13.0 Å². The summed E-state index contributed by atoms with van der Waals surface area (Å²) in [7, 11) is 2.10. The molecule has 2 aliphatic heterocycles. The Kier molecular flexibility index (Phi) is 4.58. The maximum Gasteiger partial charge on any atom is 0.256 e. The quantitative estimate of drug-likeness (QED) is 0.685. The van der Waals surface area contributed by atoms with Gasteiger partial charge < -0.3 is 25.4 Å². The maximum absolute atomic E-state index is 12.8. The molecule has 1 atom stereocenters. The summed E-state index contributed by atoms with van der Waals surface area (Å²) in [6.45, 7) is 4.16. The van der Waals surface area contributed by atoms with E-state index in [-0.39, 0.29) is 17.8 Å². The Balaban J connectivity index is 1.69. The minimum absolute atomic E-state index is 0.0482. The van der Waals surface area contributed by atoms with Crippen LogP contribution in [0, 0.1) is 0 Å². The number of halogens is 1. The molecule has 3 N–H and O–H groups in total. The van der Waals surface area contributed by atoms with Gasteiger partial charge in [0.05, 0.1) is 16.6 Å². The zero-order valence-electron chi connectivity index (χ0n) is 14.6. The Morgan fingerprint density at radius 3 is 3.00 bits per heavy atom. The second-order valence-corrected chi connectivity index (χ2v) is 8.49. The number of likely N-dealkylation sites (N-methyl/N-ethyl adjacent to an activating group) is 1. The number of phenolic OH excluding ortho intramolecular Hbond substituents is 1. The summed E-state index contributed by atoms with van der Waals surface area (Å²) in [6.07, 6.45) is 0.528. The molecule has 2 aromatic rings. The average molecular weight is 438 g/mol. The van der Waals surface area contributed by atoms with Gasteiger partial charge in [0.25, 0.3) is 5.91 Å². The number of phenols is 1. The Labute approximate surface area is 164 Å². The van der Waals surface area contributed by atoms with Crippen LogP contribution in [0.15, 0.2) is 16.6 Å². The van der Waals surface area contributed by atoms with Crippen molar-refractivity contribution in [2.24, 2.45) is 0 Å². The van der Waals surface area contributed by atoms with Crippen LogP contribution < -0.4 is 15.4 Å². The average Bonchev–Trinajstić information content (AvgIpc) is 2.96. The molecule has 8 heteroatoms. The van der Waals surface area contributed by atoms with Gasteiger partial charge in [0.2, 0.25) is 0 Å². The number of carbonyl (C=O) groups is 1. The van der Waals surface area contributed by atoms with Crippen LogP contribution in [-0.4, -0.2) is 36.1 Å². The van der Waals surface area contributed by atoms with Gasteiger partial charge in [-0.2, -0.15) is 0 Å². The summed E-state index contributed by atoms with van der Waals surface area (Å²) >= 11 is 5.02. The SMILES string of the molecule is CCOc1cc(C2NC(=O)c3c(sc4c3CCN(C)C4)N2)cc(Br)c1O. The summed E-state index contributed by atoms with van der Waals surface area (Å²) in [5.41, 5.74) is 2.78. The van der Waals surface area contributed by atoms with Crippen molar-refractivity contribution in [3.05, 3.63) is 38.2 Å². The van der Waals surface area contributed by atoms with Crippen LogP contribution in [0.25, 0.3) is 0 Å². The topological polar surface area (TPSA) is 73.8 Å². The summed E-state index contributed by atoms with van der Waals surface area (Å²) in [5.74, 6) is 0.409. The second-order valence-electron chi connectivity index (χ2n) is 6.53. The van der Waals surface area contributed by atoms with Crippen molar-refractivity contribution in [3.63, 3.8) is 0 Å². The van der Waals surface area contributed by atoms with E-state index in [1.165, 1.54) is 10.4 Å². The molecule has 0 bridgehead atoms. The van der Waals surface area contributed by atoms with Gasteiger partial charge in [-0.15, -0.1) is 11.3 Å². The smallest absolute Gasteiger partial charge is 0.256 e. The van der Waals surface area contributed by atoms with E-state index in [1.54, 1.807) is 23.5 Å². The first-order valence-corrected chi connectivity index (χ1v) is 10.1. The molecule has 26 heavy (non-hydrogen) atoms. The van der Waals surface area contributed by atoms with Crippen molar-refractivity contribution in [1.29, 1.82) is 0 Å². The molecule has 6 nitrogen and oxygen atoms in total. The monoisotopic (exact) mass is 437 g/mol. The highest BCUT2D eigenvalue weighted by Gasteiger charge is 2.33. The molecular formula is C18H20BrN3O3S. The van der Waals surface area contributed by atoms with Gasteiger partial charge in [-0.05, 0) is 59.6 Å². The fourth-order valence-corrected chi connectivity index (χ4v) is 5.25. The number of hydrogen-bond acceptors (Lipinski definition) is 6. The minimum Gasteiger partial charge on any atom is -0.503 e. The molecule has 0 saturated heterocycles. The summed E-state index contributed by atoms with van der Waals surface area (Å²) < 4.78 is 6.03. The molecule has 0 radical (unpaired) electrons. The number of thiophene rings is 1. The van der Waals surface area contributed by atoms with Crippen LogP contribution in [0.4, 0.5) is 5.00 Å². The molecule has 0 saturated carbocycles. The lowest BCUT2D eigenvalue weighted by Gasteiger charge is -2.28. The summed E-state index contributed by atoms with van der Waals surface area (Å²) in [6, 6.07) is 3.55. The fraction of sp³-hybridized carbons (Fsp3) is 0.389. The number of hydrogen-bond donors (Lipinski definition) is 3. The third-order valence-corrected chi connectivity index (χ3v) is 6.46. The van der Waals surface area contributed by atoms with Gasteiger partial charge in [0.1, 0.15) is 11.2 Å². The number of carbonyl (C=O) groups excluding carboxylic acids is 1. The molecule has 1 aromatic heterocycles. The highest BCUT2D eigenvalue weighted by molar-refractivity contribution is 9.10. The van der Waals surface area contributed by atoms with Crippen molar-refractivity contribution in [2.45, 2.75) is 26.1 Å². The van der Waals surface area contributed by atoms with E-state index in [4.69, 9.17) is 4.74 Å². The summed E-state index contributed by atoms with van der Waals surface area (Å²) in [4.78, 5) is 16.3. The molecule has 1 amide bonds. The number of rotatable bonds is 3. The van der Waals surface area contributed by atoms with Gasteiger partial charge in [0, 0.05) is 18.0 Å². The van der Waals surface area contributed by atoms with E-state index >= 15 is 0 Å². The molecule has 1 aromatic carbocycles. The maximum atomic E-state index is 12.8.